The Morgan fingerprint density at radius 3 is 2.65 bits per heavy atom. The maximum atomic E-state index is 12.8. The molecule has 0 aliphatic heterocycles. The fraction of sp³-hybridized carbons (Fsp3) is 0.500. The zero-order valence-corrected chi connectivity index (χ0v) is 14.6. The molecule has 2 aromatic rings. The van der Waals surface area contributed by atoms with Crippen LogP contribution in [0.5, 0.6) is 0 Å². The predicted octanol–water partition coefficient (Wildman–Crippen LogP) is 2.75. The Labute approximate surface area is 138 Å². The lowest BCUT2D eigenvalue weighted by Gasteiger charge is -2.21. The van der Waals surface area contributed by atoms with Crippen molar-refractivity contribution in [2.45, 2.75) is 51.2 Å². The molecule has 0 saturated carbocycles. The van der Waals surface area contributed by atoms with Crippen molar-refractivity contribution >= 4 is 10.0 Å². The first-order chi connectivity index (χ1) is 10.9. The zero-order valence-electron chi connectivity index (χ0n) is 13.8. The second-order valence-corrected chi connectivity index (χ2v) is 7.64. The number of hydrogen-bond donors (Lipinski definition) is 1. The molecular formula is C16H24N4O2S. The standard InChI is InChI=1S/C16H24N4O2S/c1-4-10-20-16(7-9-18-20)23(21,22)19-15(11-13(2)3)14-6-5-8-17-12-14/h5-9,12-13,15,19H,4,10-11H2,1-3H3. The summed E-state index contributed by atoms with van der Waals surface area (Å²) in [4.78, 5) is 4.10. The number of nitrogens with one attached hydrogen (secondary N) is 1. The molecule has 7 heteroatoms. The Bertz CT molecular complexity index is 711. The van der Waals surface area contributed by atoms with Crippen molar-refractivity contribution in [1.29, 1.82) is 0 Å². The van der Waals surface area contributed by atoms with E-state index in [0.717, 1.165) is 12.0 Å². The monoisotopic (exact) mass is 336 g/mol. The van der Waals surface area contributed by atoms with Crippen molar-refractivity contribution in [3.8, 4) is 0 Å². The number of sulfonamides is 1. The Morgan fingerprint density at radius 1 is 1.26 bits per heavy atom. The number of nitrogens with zero attached hydrogens (tertiary/aromatic N) is 3. The van der Waals surface area contributed by atoms with Gasteiger partial charge in [0.15, 0.2) is 5.03 Å². The summed E-state index contributed by atoms with van der Waals surface area (Å²) < 4.78 is 29.9. The summed E-state index contributed by atoms with van der Waals surface area (Å²) in [6, 6.07) is 4.94. The highest BCUT2D eigenvalue weighted by molar-refractivity contribution is 7.89. The smallest absolute Gasteiger partial charge is 0.258 e. The molecule has 0 aliphatic carbocycles. The maximum absolute atomic E-state index is 12.8. The summed E-state index contributed by atoms with van der Waals surface area (Å²) in [5.41, 5.74) is 0.867. The van der Waals surface area contributed by atoms with E-state index in [2.05, 4.69) is 28.7 Å². The Morgan fingerprint density at radius 2 is 2.04 bits per heavy atom. The molecule has 2 aromatic heterocycles. The molecule has 6 nitrogen and oxygen atoms in total. The normalized spacial score (nSPS) is 13.4. The molecular weight excluding hydrogens is 312 g/mol. The molecule has 1 unspecified atom stereocenters. The minimum Gasteiger partial charge on any atom is -0.264 e. The zero-order chi connectivity index (χ0) is 16.9. The van der Waals surface area contributed by atoms with Gasteiger partial charge in [-0.15, -0.1) is 0 Å². The van der Waals surface area contributed by atoms with E-state index in [9.17, 15) is 8.42 Å². The number of pyridine rings is 1. The molecule has 0 saturated heterocycles. The highest BCUT2D eigenvalue weighted by Crippen LogP contribution is 2.23. The Kier molecular flexibility index (Phi) is 5.90. The predicted molar refractivity (Wildman–Crippen MR) is 89.3 cm³/mol. The summed E-state index contributed by atoms with van der Waals surface area (Å²) in [6.45, 7) is 6.70. The molecule has 0 fully saturated rings. The molecule has 0 aromatic carbocycles. The minimum atomic E-state index is -3.64. The minimum absolute atomic E-state index is 0.206. The first-order valence-electron chi connectivity index (χ1n) is 7.88. The van der Waals surface area contributed by atoms with Crippen LogP contribution in [0.15, 0.2) is 41.8 Å². The molecule has 2 heterocycles. The van der Waals surface area contributed by atoms with Gasteiger partial charge < -0.3 is 0 Å². The van der Waals surface area contributed by atoms with Gasteiger partial charge in [0.05, 0.1) is 6.20 Å². The van der Waals surface area contributed by atoms with E-state index < -0.39 is 10.0 Å². The number of hydrogen-bond acceptors (Lipinski definition) is 4. The summed E-state index contributed by atoms with van der Waals surface area (Å²) >= 11 is 0. The van der Waals surface area contributed by atoms with Crippen LogP contribution in [0.1, 0.15) is 45.2 Å². The third kappa shape index (κ3) is 4.62. The van der Waals surface area contributed by atoms with Crippen molar-refractivity contribution in [3.63, 3.8) is 0 Å². The van der Waals surface area contributed by atoms with Gasteiger partial charge in [-0.1, -0.05) is 26.8 Å². The second-order valence-electron chi connectivity index (χ2n) is 5.98. The molecule has 0 aliphatic rings. The van der Waals surface area contributed by atoms with E-state index in [1.807, 2.05) is 19.1 Å². The van der Waals surface area contributed by atoms with E-state index in [0.29, 0.717) is 18.9 Å². The van der Waals surface area contributed by atoms with Gasteiger partial charge in [0, 0.05) is 25.0 Å². The molecule has 126 valence electrons. The number of aryl methyl sites for hydroxylation is 1. The summed E-state index contributed by atoms with van der Waals surface area (Å²) in [7, 11) is -3.64. The van der Waals surface area contributed by atoms with E-state index in [-0.39, 0.29) is 11.1 Å². The van der Waals surface area contributed by atoms with E-state index in [4.69, 9.17) is 0 Å². The van der Waals surface area contributed by atoms with Crippen molar-refractivity contribution in [2.24, 2.45) is 5.92 Å². The van der Waals surface area contributed by atoms with Crippen LogP contribution in [0.4, 0.5) is 0 Å². The topological polar surface area (TPSA) is 76.9 Å². The van der Waals surface area contributed by atoms with Crippen LogP contribution in [0.25, 0.3) is 0 Å². The summed E-state index contributed by atoms with van der Waals surface area (Å²) in [6.07, 6.45) is 6.43. The fourth-order valence-corrected chi connectivity index (χ4v) is 3.87. The quantitative estimate of drug-likeness (QED) is 0.804. The molecule has 0 amide bonds. The van der Waals surface area contributed by atoms with Crippen LogP contribution in [-0.2, 0) is 16.6 Å². The summed E-state index contributed by atoms with van der Waals surface area (Å²) in [5, 5.41) is 4.30. The molecule has 0 radical (unpaired) electrons. The van der Waals surface area contributed by atoms with Crippen LogP contribution < -0.4 is 4.72 Å². The lowest BCUT2D eigenvalue weighted by Crippen LogP contribution is -2.31. The third-order valence-electron chi connectivity index (χ3n) is 3.48. The second kappa shape index (κ2) is 7.70. The van der Waals surface area contributed by atoms with Crippen LogP contribution >= 0.6 is 0 Å². The first-order valence-corrected chi connectivity index (χ1v) is 9.36. The molecule has 0 bridgehead atoms. The lowest BCUT2D eigenvalue weighted by atomic mass is 9.99. The Hall–Kier alpha value is -1.73. The molecule has 0 spiro atoms. The van der Waals surface area contributed by atoms with E-state index in [1.165, 1.54) is 16.9 Å². The highest BCUT2D eigenvalue weighted by Gasteiger charge is 2.25. The van der Waals surface area contributed by atoms with Gasteiger partial charge in [0.25, 0.3) is 10.0 Å². The van der Waals surface area contributed by atoms with E-state index in [1.54, 1.807) is 12.4 Å². The average molecular weight is 336 g/mol. The molecule has 1 N–H and O–H groups in total. The van der Waals surface area contributed by atoms with Crippen molar-refractivity contribution in [1.82, 2.24) is 19.5 Å². The lowest BCUT2D eigenvalue weighted by molar-refractivity contribution is 0.464. The van der Waals surface area contributed by atoms with Crippen molar-refractivity contribution in [2.75, 3.05) is 0 Å². The fourth-order valence-electron chi connectivity index (χ4n) is 2.48. The number of aromatic nitrogens is 3. The maximum Gasteiger partial charge on any atom is 0.258 e. The molecule has 23 heavy (non-hydrogen) atoms. The van der Waals surface area contributed by atoms with Gasteiger partial charge in [-0.05, 0) is 36.5 Å². The van der Waals surface area contributed by atoms with Gasteiger partial charge >= 0.3 is 0 Å². The number of rotatable bonds is 8. The van der Waals surface area contributed by atoms with E-state index >= 15 is 0 Å². The first kappa shape index (κ1) is 17.6. The van der Waals surface area contributed by atoms with Crippen LogP contribution in [0.2, 0.25) is 0 Å². The third-order valence-corrected chi connectivity index (χ3v) is 4.97. The van der Waals surface area contributed by atoms with Crippen LogP contribution in [-0.4, -0.2) is 23.2 Å². The van der Waals surface area contributed by atoms with Gasteiger partial charge in [0.2, 0.25) is 0 Å². The summed E-state index contributed by atoms with van der Waals surface area (Å²) in [5.74, 6) is 0.350. The SMILES string of the molecule is CCCn1nccc1S(=O)(=O)NC(CC(C)C)c1cccnc1. The Balaban J connectivity index is 2.29. The van der Waals surface area contributed by atoms with Gasteiger partial charge in [-0.2, -0.15) is 5.10 Å². The van der Waals surface area contributed by atoms with Gasteiger partial charge in [-0.3, -0.25) is 9.67 Å². The van der Waals surface area contributed by atoms with Gasteiger partial charge in [-0.25, -0.2) is 13.1 Å². The van der Waals surface area contributed by atoms with Crippen molar-refractivity contribution in [3.05, 3.63) is 42.4 Å². The highest BCUT2D eigenvalue weighted by atomic mass is 32.2. The molecule has 1 atom stereocenters. The van der Waals surface area contributed by atoms with Crippen molar-refractivity contribution < 1.29 is 8.42 Å². The van der Waals surface area contributed by atoms with Crippen LogP contribution in [0, 0.1) is 5.92 Å². The van der Waals surface area contributed by atoms with Crippen LogP contribution in [0.3, 0.4) is 0 Å². The van der Waals surface area contributed by atoms with Gasteiger partial charge in [0.1, 0.15) is 0 Å². The molecule has 2 rings (SSSR count). The average Bonchev–Trinajstić information content (AvgIpc) is 2.96. The largest absolute Gasteiger partial charge is 0.264 e.